The molecule has 1 aromatic heterocycles. The number of nitrogens with one attached hydrogen (secondary N) is 1. The van der Waals surface area contributed by atoms with Gasteiger partial charge in [-0.15, -0.1) is 24.8 Å². The zero-order chi connectivity index (χ0) is 18.4. The first kappa shape index (κ1) is 25.9. The van der Waals surface area contributed by atoms with E-state index in [9.17, 15) is 9.59 Å². The van der Waals surface area contributed by atoms with Crippen molar-refractivity contribution in [2.24, 2.45) is 17.1 Å². The average Bonchev–Trinajstić information content (AvgIpc) is 2.65. The van der Waals surface area contributed by atoms with E-state index >= 15 is 0 Å². The van der Waals surface area contributed by atoms with Crippen LogP contribution < -0.4 is 11.1 Å². The van der Waals surface area contributed by atoms with Crippen LogP contribution in [0.15, 0.2) is 18.3 Å². The smallest absolute Gasteiger partial charge is 0.230 e. The molecule has 1 aliphatic rings. The number of rotatable bonds is 6. The molecule has 1 unspecified atom stereocenters. The minimum absolute atomic E-state index is 0. The van der Waals surface area contributed by atoms with Gasteiger partial charge in [0.1, 0.15) is 5.82 Å². The highest BCUT2D eigenvalue weighted by molar-refractivity contribution is 6.30. The Hall–Kier alpha value is -1.08. The number of carbonyl (C=O) groups excluding carboxylic acids is 2. The number of aromatic nitrogens is 1. The molecule has 2 rings (SSSR count). The summed E-state index contributed by atoms with van der Waals surface area (Å²) in [4.78, 5) is 31.4. The normalized spacial score (nSPS) is 16.7. The van der Waals surface area contributed by atoms with E-state index in [-0.39, 0.29) is 42.5 Å². The molecule has 27 heavy (non-hydrogen) atoms. The van der Waals surface area contributed by atoms with Gasteiger partial charge < -0.3 is 16.0 Å². The van der Waals surface area contributed by atoms with Gasteiger partial charge in [-0.05, 0) is 37.8 Å². The average molecular weight is 440 g/mol. The topological polar surface area (TPSA) is 88.3 Å². The Morgan fingerprint density at radius 1 is 1.33 bits per heavy atom. The standard InChI is InChI=1S/C18H27ClN4O2.2ClH/c1-3-18(4-2,12-20)17(25)23-9-5-6-13(11-23)16(24)22-15-8-7-14(19)10-21-15;;/h7-8,10,13H,3-6,9,11-12,20H2,1-2H3,(H,21,22,24);2*1H. The largest absolute Gasteiger partial charge is 0.341 e. The molecule has 1 fully saturated rings. The highest BCUT2D eigenvalue weighted by Crippen LogP contribution is 2.30. The number of nitrogens with two attached hydrogens (primary N) is 1. The summed E-state index contributed by atoms with van der Waals surface area (Å²) in [5.41, 5.74) is 5.38. The van der Waals surface area contributed by atoms with E-state index < -0.39 is 5.41 Å². The first-order valence-electron chi connectivity index (χ1n) is 8.87. The minimum Gasteiger partial charge on any atom is -0.341 e. The van der Waals surface area contributed by atoms with Crippen molar-refractivity contribution in [3.05, 3.63) is 23.4 Å². The van der Waals surface area contributed by atoms with Gasteiger partial charge in [0.2, 0.25) is 11.8 Å². The lowest BCUT2D eigenvalue weighted by Gasteiger charge is -2.39. The molecule has 0 bridgehead atoms. The van der Waals surface area contributed by atoms with Crippen LogP contribution in [0.4, 0.5) is 5.82 Å². The molecule has 0 aromatic carbocycles. The summed E-state index contributed by atoms with van der Waals surface area (Å²) in [5, 5.41) is 3.33. The van der Waals surface area contributed by atoms with E-state index in [4.69, 9.17) is 17.3 Å². The molecular weight excluding hydrogens is 411 g/mol. The highest BCUT2D eigenvalue weighted by atomic mass is 35.5. The summed E-state index contributed by atoms with van der Waals surface area (Å²) in [6.45, 7) is 5.44. The lowest BCUT2D eigenvalue weighted by molar-refractivity contribution is -0.144. The fourth-order valence-corrected chi connectivity index (χ4v) is 3.43. The van der Waals surface area contributed by atoms with Crippen LogP contribution in [0.1, 0.15) is 39.5 Å². The molecule has 2 amide bonds. The molecule has 0 saturated carbocycles. The second-order valence-corrected chi connectivity index (χ2v) is 7.07. The maximum absolute atomic E-state index is 13.0. The van der Waals surface area contributed by atoms with Gasteiger partial charge in [0.25, 0.3) is 0 Å². The fourth-order valence-electron chi connectivity index (χ4n) is 3.32. The third kappa shape index (κ3) is 6.21. The quantitative estimate of drug-likeness (QED) is 0.710. The fraction of sp³-hybridized carbons (Fsp3) is 0.611. The zero-order valence-corrected chi connectivity index (χ0v) is 18.1. The van der Waals surface area contributed by atoms with Crippen molar-refractivity contribution in [3.63, 3.8) is 0 Å². The lowest BCUT2D eigenvalue weighted by Crippen LogP contribution is -2.52. The molecule has 6 nitrogen and oxygen atoms in total. The predicted octanol–water partition coefficient (Wildman–Crippen LogP) is 3.52. The lowest BCUT2D eigenvalue weighted by atomic mass is 9.80. The van der Waals surface area contributed by atoms with Gasteiger partial charge in [0.15, 0.2) is 0 Å². The number of pyridine rings is 1. The summed E-state index contributed by atoms with van der Waals surface area (Å²) in [5.74, 6) is 0.191. The summed E-state index contributed by atoms with van der Waals surface area (Å²) >= 11 is 5.81. The van der Waals surface area contributed by atoms with Crippen molar-refractivity contribution in [1.29, 1.82) is 0 Å². The van der Waals surface area contributed by atoms with Gasteiger partial charge in [-0.3, -0.25) is 9.59 Å². The number of likely N-dealkylation sites (tertiary alicyclic amines) is 1. The molecule has 1 saturated heterocycles. The summed E-state index contributed by atoms with van der Waals surface area (Å²) in [6.07, 6.45) is 4.48. The van der Waals surface area contributed by atoms with Crippen molar-refractivity contribution in [2.75, 3.05) is 25.0 Å². The summed E-state index contributed by atoms with van der Waals surface area (Å²) < 4.78 is 0. The molecule has 3 N–H and O–H groups in total. The Bertz CT molecular complexity index is 601. The van der Waals surface area contributed by atoms with E-state index in [0.29, 0.717) is 43.3 Å². The second-order valence-electron chi connectivity index (χ2n) is 6.63. The van der Waals surface area contributed by atoms with Crippen molar-refractivity contribution in [3.8, 4) is 0 Å². The van der Waals surface area contributed by atoms with Crippen LogP contribution in [0.5, 0.6) is 0 Å². The first-order chi connectivity index (χ1) is 12.0. The zero-order valence-electron chi connectivity index (χ0n) is 15.7. The SMILES string of the molecule is CCC(CC)(CN)C(=O)N1CCCC(C(=O)Nc2ccc(Cl)cn2)C1.Cl.Cl. The number of halogens is 3. The van der Waals surface area contributed by atoms with Crippen LogP contribution in [-0.2, 0) is 9.59 Å². The van der Waals surface area contributed by atoms with Gasteiger partial charge in [-0.2, -0.15) is 0 Å². The first-order valence-corrected chi connectivity index (χ1v) is 9.25. The van der Waals surface area contributed by atoms with Crippen molar-refractivity contribution < 1.29 is 9.59 Å². The number of piperidine rings is 1. The Morgan fingerprint density at radius 2 is 2.00 bits per heavy atom. The molecule has 2 heterocycles. The van der Waals surface area contributed by atoms with Gasteiger partial charge in [0.05, 0.1) is 16.4 Å². The van der Waals surface area contributed by atoms with Crippen molar-refractivity contribution >= 4 is 54.0 Å². The van der Waals surface area contributed by atoms with Crippen LogP contribution in [0.3, 0.4) is 0 Å². The number of anilines is 1. The van der Waals surface area contributed by atoms with Gasteiger partial charge in [-0.1, -0.05) is 25.4 Å². The van der Waals surface area contributed by atoms with E-state index in [1.807, 2.05) is 18.7 Å². The van der Waals surface area contributed by atoms with Gasteiger partial charge >= 0.3 is 0 Å². The van der Waals surface area contributed by atoms with E-state index in [2.05, 4.69) is 10.3 Å². The van der Waals surface area contributed by atoms with Gasteiger partial charge in [-0.25, -0.2) is 4.98 Å². The molecule has 1 atom stereocenters. The minimum atomic E-state index is -0.518. The molecule has 1 aromatic rings. The maximum atomic E-state index is 13.0. The van der Waals surface area contributed by atoms with Crippen LogP contribution in [0.25, 0.3) is 0 Å². The van der Waals surface area contributed by atoms with Crippen LogP contribution in [-0.4, -0.2) is 41.3 Å². The predicted molar refractivity (Wildman–Crippen MR) is 114 cm³/mol. The van der Waals surface area contributed by atoms with Crippen LogP contribution in [0, 0.1) is 11.3 Å². The van der Waals surface area contributed by atoms with E-state index in [1.54, 1.807) is 12.1 Å². The summed E-state index contributed by atoms with van der Waals surface area (Å²) in [6, 6.07) is 3.35. The third-order valence-corrected chi connectivity index (χ3v) is 5.48. The molecule has 0 radical (unpaired) electrons. The van der Waals surface area contributed by atoms with Crippen LogP contribution in [0.2, 0.25) is 5.02 Å². The summed E-state index contributed by atoms with van der Waals surface area (Å²) in [7, 11) is 0. The molecular formula is C18H29Cl3N4O2. The number of carbonyl (C=O) groups is 2. The molecule has 1 aliphatic heterocycles. The number of hydrogen-bond donors (Lipinski definition) is 2. The Labute approximate surface area is 178 Å². The van der Waals surface area contributed by atoms with Gasteiger partial charge in [0, 0.05) is 25.8 Å². The molecule has 0 spiro atoms. The molecule has 9 heteroatoms. The third-order valence-electron chi connectivity index (χ3n) is 5.26. The maximum Gasteiger partial charge on any atom is 0.230 e. The monoisotopic (exact) mass is 438 g/mol. The Morgan fingerprint density at radius 3 is 2.52 bits per heavy atom. The molecule has 154 valence electrons. The van der Waals surface area contributed by atoms with E-state index in [0.717, 1.165) is 12.8 Å². The van der Waals surface area contributed by atoms with Crippen LogP contribution >= 0.6 is 36.4 Å². The molecule has 0 aliphatic carbocycles. The Kier molecular flexibility index (Phi) is 11.2. The number of hydrogen-bond acceptors (Lipinski definition) is 4. The number of nitrogens with zero attached hydrogens (tertiary/aromatic N) is 2. The van der Waals surface area contributed by atoms with E-state index in [1.165, 1.54) is 6.20 Å². The van der Waals surface area contributed by atoms with Crippen molar-refractivity contribution in [2.45, 2.75) is 39.5 Å². The second kappa shape index (κ2) is 11.7. The number of amides is 2. The Balaban J connectivity index is 0.00000338. The highest BCUT2D eigenvalue weighted by Gasteiger charge is 2.39. The van der Waals surface area contributed by atoms with Crippen molar-refractivity contribution in [1.82, 2.24) is 9.88 Å².